The molecule has 3 nitrogen and oxygen atoms in total. The Morgan fingerprint density at radius 3 is 2.33 bits per heavy atom. The van der Waals surface area contributed by atoms with Crippen LogP contribution in [0, 0.1) is 0 Å². The first kappa shape index (κ1) is 9.49. The minimum absolute atomic E-state index is 0.0509. The van der Waals surface area contributed by atoms with Crippen molar-refractivity contribution in [2.45, 2.75) is 6.42 Å². The van der Waals surface area contributed by atoms with Gasteiger partial charge in [0.2, 0.25) is 0 Å². The molecule has 6 heteroatoms. The predicted octanol–water partition coefficient (Wildman–Crippen LogP) is 1.12. The van der Waals surface area contributed by atoms with Crippen molar-refractivity contribution < 1.29 is 12.6 Å². The van der Waals surface area contributed by atoms with Gasteiger partial charge in [-0.1, -0.05) is 0 Å². The van der Waals surface area contributed by atoms with E-state index in [1.54, 1.807) is 0 Å². The highest BCUT2D eigenvalue weighted by Crippen LogP contribution is 1.99. The standard InChI is InChI=1S/C3H6Cl2O3S/c4-2-1-3-8-9(5,6)7/h1-3H2. The number of halogens is 2. The molecule has 9 heavy (non-hydrogen) atoms. The molecule has 0 saturated heterocycles. The summed E-state index contributed by atoms with van der Waals surface area (Å²) in [5.41, 5.74) is 0. The Morgan fingerprint density at radius 2 is 2.00 bits per heavy atom. The van der Waals surface area contributed by atoms with Crippen LogP contribution in [0.4, 0.5) is 0 Å². The van der Waals surface area contributed by atoms with Gasteiger partial charge in [0.15, 0.2) is 0 Å². The molecule has 0 radical (unpaired) electrons. The predicted molar refractivity (Wildman–Crippen MR) is 36.1 cm³/mol. The largest absolute Gasteiger partial charge is 0.355 e. The lowest BCUT2D eigenvalue weighted by Crippen LogP contribution is -1.99. The number of alkyl halides is 1. The molecule has 0 rings (SSSR count). The van der Waals surface area contributed by atoms with Crippen LogP contribution in [0.3, 0.4) is 0 Å². The van der Waals surface area contributed by atoms with E-state index in [1.165, 1.54) is 0 Å². The topological polar surface area (TPSA) is 43.4 Å². The third-order valence-corrected chi connectivity index (χ3v) is 1.48. The Morgan fingerprint density at radius 1 is 1.44 bits per heavy atom. The highest BCUT2D eigenvalue weighted by molar-refractivity contribution is 8.09. The lowest BCUT2D eigenvalue weighted by molar-refractivity contribution is 0.329. The lowest BCUT2D eigenvalue weighted by Gasteiger charge is -1.93. The van der Waals surface area contributed by atoms with E-state index in [0.717, 1.165) is 0 Å². The highest BCUT2D eigenvalue weighted by atomic mass is 35.7. The van der Waals surface area contributed by atoms with Crippen molar-refractivity contribution in [3.63, 3.8) is 0 Å². The van der Waals surface area contributed by atoms with Gasteiger partial charge >= 0.3 is 9.33 Å². The highest BCUT2D eigenvalue weighted by Gasteiger charge is 2.02. The van der Waals surface area contributed by atoms with Gasteiger partial charge in [0, 0.05) is 16.6 Å². The zero-order chi connectivity index (χ0) is 7.33. The van der Waals surface area contributed by atoms with Crippen molar-refractivity contribution in [3.05, 3.63) is 0 Å². The van der Waals surface area contributed by atoms with E-state index >= 15 is 0 Å². The van der Waals surface area contributed by atoms with Gasteiger partial charge in [0.1, 0.15) is 0 Å². The Bertz CT molecular complexity index is 152. The van der Waals surface area contributed by atoms with Gasteiger partial charge in [-0.15, -0.1) is 11.6 Å². The minimum atomic E-state index is -3.78. The average molecular weight is 193 g/mol. The summed E-state index contributed by atoms with van der Waals surface area (Å²) >= 11 is 5.21. The summed E-state index contributed by atoms with van der Waals surface area (Å²) in [7, 11) is 0.893. The van der Waals surface area contributed by atoms with Crippen molar-refractivity contribution in [1.82, 2.24) is 0 Å². The molecular formula is C3H6Cl2O3S. The fourth-order valence-electron chi connectivity index (χ4n) is 0.213. The normalized spacial score (nSPS) is 11.8. The molecule has 0 atom stereocenters. The van der Waals surface area contributed by atoms with Gasteiger partial charge in [-0.3, -0.25) is 4.18 Å². The van der Waals surface area contributed by atoms with Crippen molar-refractivity contribution in [1.29, 1.82) is 0 Å². The molecule has 0 aromatic carbocycles. The van der Waals surface area contributed by atoms with Crippen LogP contribution in [0.25, 0.3) is 0 Å². The molecule has 0 aliphatic rings. The van der Waals surface area contributed by atoms with Gasteiger partial charge < -0.3 is 0 Å². The quantitative estimate of drug-likeness (QED) is 0.381. The maximum atomic E-state index is 10.0. The molecule has 0 fully saturated rings. The van der Waals surface area contributed by atoms with Gasteiger partial charge in [-0.2, -0.15) is 8.42 Å². The monoisotopic (exact) mass is 192 g/mol. The number of rotatable bonds is 4. The first-order chi connectivity index (χ1) is 4.06. The van der Waals surface area contributed by atoms with Crippen LogP contribution < -0.4 is 0 Å². The van der Waals surface area contributed by atoms with Crippen LogP contribution in [0.1, 0.15) is 6.42 Å². The molecule has 0 N–H and O–H groups in total. The van der Waals surface area contributed by atoms with Crippen molar-refractivity contribution in [3.8, 4) is 0 Å². The maximum Gasteiger partial charge on any atom is 0.355 e. The molecule has 0 unspecified atom stereocenters. The summed E-state index contributed by atoms with van der Waals surface area (Å²) in [6.45, 7) is 0.0509. The van der Waals surface area contributed by atoms with E-state index in [1.807, 2.05) is 0 Å². The SMILES string of the molecule is O=S(=O)(Cl)OCCCCl. The van der Waals surface area contributed by atoms with Crippen molar-refractivity contribution in [2.24, 2.45) is 0 Å². The molecular weight excluding hydrogens is 187 g/mol. The second kappa shape index (κ2) is 4.33. The fourth-order valence-corrected chi connectivity index (χ4v) is 0.828. The molecule has 0 aliphatic heterocycles. The van der Waals surface area contributed by atoms with Gasteiger partial charge in [0.05, 0.1) is 6.61 Å². The summed E-state index contributed by atoms with van der Waals surface area (Å²) in [5, 5.41) is 0. The van der Waals surface area contributed by atoms with E-state index in [4.69, 9.17) is 11.6 Å². The molecule has 0 spiro atoms. The average Bonchev–Trinajstić information content (AvgIpc) is 1.63. The summed E-state index contributed by atoms with van der Waals surface area (Å²) < 4.78 is 24.1. The Kier molecular flexibility index (Phi) is 4.56. The summed E-state index contributed by atoms with van der Waals surface area (Å²) in [5.74, 6) is 0.367. The van der Waals surface area contributed by atoms with Gasteiger partial charge in [-0.25, -0.2) is 0 Å². The molecule has 0 bridgehead atoms. The van der Waals surface area contributed by atoms with Crippen molar-refractivity contribution in [2.75, 3.05) is 12.5 Å². The third kappa shape index (κ3) is 8.49. The van der Waals surface area contributed by atoms with Crippen molar-refractivity contribution >= 4 is 31.6 Å². The first-order valence-electron chi connectivity index (χ1n) is 2.21. The third-order valence-electron chi connectivity index (χ3n) is 0.502. The summed E-state index contributed by atoms with van der Waals surface area (Å²) in [6, 6.07) is 0. The first-order valence-corrected chi connectivity index (χ1v) is 4.98. The van der Waals surface area contributed by atoms with E-state index in [0.29, 0.717) is 12.3 Å². The van der Waals surface area contributed by atoms with Crippen LogP contribution in [-0.2, 0) is 13.5 Å². The smallest absolute Gasteiger partial charge is 0.258 e. The van der Waals surface area contributed by atoms with E-state index < -0.39 is 9.33 Å². The molecule has 0 aromatic rings. The minimum Gasteiger partial charge on any atom is -0.258 e. The Balaban J connectivity index is 3.30. The number of hydrogen-bond acceptors (Lipinski definition) is 3. The van der Waals surface area contributed by atoms with Crippen LogP contribution in [-0.4, -0.2) is 20.9 Å². The summed E-state index contributed by atoms with van der Waals surface area (Å²) in [6.07, 6.45) is 0.480. The van der Waals surface area contributed by atoms with Crippen LogP contribution in [0.2, 0.25) is 0 Å². The molecule has 0 heterocycles. The zero-order valence-corrected chi connectivity index (χ0v) is 6.84. The van der Waals surface area contributed by atoms with Gasteiger partial charge in [0.25, 0.3) is 0 Å². The van der Waals surface area contributed by atoms with E-state index in [-0.39, 0.29) is 6.61 Å². The molecule has 0 saturated carbocycles. The molecule has 0 amide bonds. The molecule has 0 aliphatic carbocycles. The van der Waals surface area contributed by atoms with E-state index in [2.05, 4.69) is 14.9 Å². The lowest BCUT2D eigenvalue weighted by atomic mass is 10.5. The van der Waals surface area contributed by atoms with Crippen LogP contribution in [0.5, 0.6) is 0 Å². The molecule has 56 valence electrons. The fraction of sp³-hybridized carbons (Fsp3) is 1.00. The van der Waals surface area contributed by atoms with E-state index in [9.17, 15) is 8.42 Å². The maximum absolute atomic E-state index is 10.0. The molecule has 0 aromatic heterocycles. The Hall–Kier alpha value is 0.490. The number of hydrogen-bond donors (Lipinski definition) is 0. The van der Waals surface area contributed by atoms with Gasteiger partial charge in [-0.05, 0) is 6.42 Å². The zero-order valence-electron chi connectivity index (χ0n) is 4.51. The van der Waals surface area contributed by atoms with Crippen LogP contribution in [0.15, 0.2) is 0 Å². The summed E-state index contributed by atoms with van der Waals surface area (Å²) in [4.78, 5) is 0. The van der Waals surface area contributed by atoms with Crippen LogP contribution >= 0.6 is 22.3 Å². The Labute approximate surface area is 63.5 Å². The second-order valence-electron chi connectivity index (χ2n) is 1.26. The second-order valence-corrected chi connectivity index (χ2v) is 3.79.